The molecular weight excluding hydrogens is 382 g/mol. The summed E-state index contributed by atoms with van der Waals surface area (Å²) in [5, 5.41) is 3.77. The molecule has 1 aromatic heterocycles. The molecule has 0 unspecified atom stereocenters. The maximum Gasteiger partial charge on any atom is 0.271 e. The van der Waals surface area contributed by atoms with Gasteiger partial charge in [0.05, 0.1) is 24.5 Å². The van der Waals surface area contributed by atoms with Crippen molar-refractivity contribution >= 4 is 27.8 Å². The van der Waals surface area contributed by atoms with Gasteiger partial charge < -0.3 is 9.15 Å². The van der Waals surface area contributed by atoms with Crippen LogP contribution in [-0.2, 0) is 10.0 Å². The number of nitrogens with zero attached hydrogens (tertiary/aromatic N) is 1. The molecule has 3 rings (SSSR count). The summed E-state index contributed by atoms with van der Waals surface area (Å²) in [7, 11) is -2.35. The van der Waals surface area contributed by atoms with E-state index in [4.69, 9.17) is 9.15 Å². The Morgan fingerprint density at radius 1 is 1.11 bits per heavy atom. The van der Waals surface area contributed by atoms with Gasteiger partial charge in [-0.3, -0.25) is 9.52 Å². The number of methoxy groups -OCH3 is 1. The molecule has 28 heavy (non-hydrogen) atoms. The van der Waals surface area contributed by atoms with E-state index in [2.05, 4.69) is 15.2 Å². The van der Waals surface area contributed by atoms with Crippen LogP contribution in [0.25, 0.3) is 0 Å². The van der Waals surface area contributed by atoms with Gasteiger partial charge in [0.25, 0.3) is 15.9 Å². The number of anilines is 1. The maximum atomic E-state index is 12.6. The highest BCUT2D eigenvalue weighted by Gasteiger charge is 2.16. The molecule has 0 aliphatic heterocycles. The predicted octanol–water partition coefficient (Wildman–Crippen LogP) is 2.85. The number of hydrogen-bond donors (Lipinski definition) is 2. The topological polar surface area (TPSA) is 110 Å². The SMILES string of the molecule is COc1ccc(NS(=O)(=O)c2cccc(C(=O)N/N=C\c3ccco3)c2)cc1. The van der Waals surface area contributed by atoms with Gasteiger partial charge in [0.1, 0.15) is 11.5 Å². The first kappa shape index (κ1) is 19.2. The predicted molar refractivity (Wildman–Crippen MR) is 104 cm³/mol. The van der Waals surface area contributed by atoms with E-state index < -0.39 is 15.9 Å². The number of hydrazone groups is 1. The van der Waals surface area contributed by atoms with Gasteiger partial charge in [0.15, 0.2) is 0 Å². The molecule has 0 saturated carbocycles. The molecule has 3 aromatic rings. The zero-order valence-corrected chi connectivity index (χ0v) is 15.6. The van der Waals surface area contributed by atoms with Crippen LogP contribution in [-0.4, -0.2) is 27.6 Å². The first-order valence-electron chi connectivity index (χ1n) is 8.12. The third-order valence-corrected chi connectivity index (χ3v) is 5.03. The molecular formula is C19H17N3O5S. The van der Waals surface area contributed by atoms with Gasteiger partial charge >= 0.3 is 0 Å². The average molecular weight is 399 g/mol. The number of sulfonamides is 1. The third-order valence-electron chi connectivity index (χ3n) is 3.65. The maximum absolute atomic E-state index is 12.6. The van der Waals surface area contributed by atoms with E-state index in [1.165, 1.54) is 43.9 Å². The summed E-state index contributed by atoms with van der Waals surface area (Å²) in [6.45, 7) is 0. The number of amides is 1. The Morgan fingerprint density at radius 3 is 2.57 bits per heavy atom. The van der Waals surface area contributed by atoms with Crippen molar-refractivity contribution in [1.29, 1.82) is 0 Å². The summed E-state index contributed by atoms with van der Waals surface area (Å²) in [4.78, 5) is 12.1. The van der Waals surface area contributed by atoms with Crippen LogP contribution < -0.4 is 14.9 Å². The molecule has 0 radical (unpaired) electrons. The molecule has 1 heterocycles. The Labute approximate surface area is 161 Å². The van der Waals surface area contributed by atoms with Gasteiger partial charge in [-0.05, 0) is 54.6 Å². The number of carbonyl (C=O) groups is 1. The highest BCUT2D eigenvalue weighted by atomic mass is 32.2. The molecule has 0 fully saturated rings. The first-order chi connectivity index (χ1) is 13.5. The van der Waals surface area contributed by atoms with Crippen LogP contribution in [0.5, 0.6) is 5.75 Å². The van der Waals surface area contributed by atoms with Crippen molar-refractivity contribution in [2.45, 2.75) is 4.90 Å². The molecule has 0 bridgehead atoms. The third kappa shape index (κ3) is 4.77. The summed E-state index contributed by atoms with van der Waals surface area (Å²) in [6.07, 6.45) is 2.82. The zero-order chi connectivity index (χ0) is 20.0. The summed E-state index contributed by atoms with van der Waals surface area (Å²) in [5.41, 5.74) is 2.84. The minimum atomic E-state index is -3.87. The van der Waals surface area contributed by atoms with Crippen molar-refractivity contribution < 1.29 is 22.4 Å². The van der Waals surface area contributed by atoms with Crippen molar-refractivity contribution in [1.82, 2.24) is 5.43 Å². The Hall–Kier alpha value is -3.59. The number of ether oxygens (including phenoxy) is 1. The molecule has 0 saturated heterocycles. The van der Waals surface area contributed by atoms with E-state index in [9.17, 15) is 13.2 Å². The lowest BCUT2D eigenvalue weighted by Gasteiger charge is -2.09. The Kier molecular flexibility index (Phi) is 5.75. The fraction of sp³-hybridized carbons (Fsp3) is 0.0526. The minimum absolute atomic E-state index is 0.0500. The minimum Gasteiger partial charge on any atom is -0.497 e. The van der Waals surface area contributed by atoms with Crippen molar-refractivity contribution in [3.05, 3.63) is 78.3 Å². The summed E-state index contributed by atoms with van der Waals surface area (Å²) >= 11 is 0. The highest BCUT2D eigenvalue weighted by molar-refractivity contribution is 7.92. The number of nitrogens with one attached hydrogen (secondary N) is 2. The van der Waals surface area contributed by atoms with Crippen LogP contribution in [0.2, 0.25) is 0 Å². The summed E-state index contributed by atoms with van der Waals surface area (Å²) in [5.74, 6) is 0.529. The molecule has 2 N–H and O–H groups in total. The van der Waals surface area contributed by atoms with Gasteiger partial charge in [-0.15, -0.1) is 0 Å². The second kappa shape index (κ2) is 8.40. The monoisotopic (exact) mass is 399 g/mol. The lowest BCUT2D eigenvalue weighted by atomic mass is 10.2. The standard InChI is InChI=1S/C19H17N3O5S/c1-26-16-9-7-15(8-10-16)22-28(24,25)18-6-2-4-14(12-18)19(23)21-20-13-17-5-3-11-27-17/h2-13,22H,1H3,(H,21,23)/b20-13-. The number of carbonyl (C=O) groups excluding carboxylic acids is 1. The molecule has 2 aromatic carbocycles. The van der Waals surface area contributed by atoms with Crippen molar-refractivity contribution in [3.8, 4) is 5.75 Å². The summed E-state index contributed by atoms with van der Waals surface area (Å²) < 4.78 is 37.7. The first-order valence-corrected chi connectivity index (χ1v) is 9.60. The van der Waals surface area contributed by atoms with Crippen LogP contribution in [0, 0.1) is 0 Å². The Bertz CT molecular complexity index is 1080. The smallest absolute Gasteiger partial charge is 0.271 e. The fourth-order valence-electron chi connectivity index (χ4n) is 2.26. The molecule has 0 spiro atoms. The van der Waals surface area contributed by atoms with E-state index >= 15 is 0 Å². The zero-order valence-electron chi connectivity index (χ0n) is 14.8. The van der Waals surface area contributed by atoms with E-state index in [0.717, 1.165) is 0 Å². The van der Waals surface area contributed by atoms with Crippen LogP contribution in [0.4, 0.5) is 5.69 Å². The number of hydrogen-bond acceptors (Lipinski definition) is 6. The second-order valence-electron chi connectivity index (χ2n) is 5.58. The highest BCUT2D eigenvalue weighted by Crippen LogP contribution is 2.20. The van der Waals surface area contributed by atoms with Crippen molar-refractivity contribution in [3.63, 3.8) is 0 Å². The van der Waals surface area contributed by atoms with Gasteiger partial charge in [-0.2, -0.15) is 5.10 Å². The molecule has 0 aliphatic carbocycles. The van der Waals surface area contributed by atoms with Gasteiger partial charge in [-0.25, -0.2) is 13.8 Å². The van der Waals surface area contributed by atoms with Crippen LogP contribution in [0.1, 0.15) is 16.1 Å². The lowest BCUT2D eigenvalue weighted by Crippen LogP contribution is -2.19. The average Bonchev–Trinajstić information content (AvgIpc) is 3.22. The van der Waals surface area contributed by atoms with Crippen molar-refractivity contribution in [2.24, 2.45) is 5.10 Å². The molecule has 0 aliphatic rings. The largest absolute Gasteiger partial charge is 0.497 e. The lowest BCUT2D eigenvalue weighted by molar-refractivity contribution is 0.0955. The van der Waals surface area contributed by atoms with Crippen LogP contribution >= 0.6 is 0 Å². The Morgan fingerprint density at radius 2 is 1.89 bits per heavy atom. The Balaban J connectivity index is 1.72. The van der Waals surface area contributed by atoms with Gasteiger partial charge in [-0.1, -0.05) is 6.07 Å². The normalized spacial score (nSPS) is 11.3. The van der Waals surface area contributed by atoms with Gasteiger partial charge in [0.2, 0.25) is 0 Å². The summed E-state index contributed by atoms with van der Waals surface area (Å²) in [6, 6.07) is 15.4. The molecule has 0 atom stereocenters. The van der Waals surface area contributed by atoms with E-state index in [-0.39, 0.29) is 10.5 Å². The van der Waals surface area contributed by atoms with E-state index in [0.29, 0.717) is 17.2 Å². The second-order valence-corrected chi connectivity index (χ2v) is 7.26. The quantitative estimate of drug-likeness (QED) is 0.469. The molecule has 8 nitrogen and oxygen atoms in total. The molecule has 9 heteroatoms. The van der Waals surface area contributed by atoms with Gasteiger partial charge in [0, 0.05) is 11.3 Å². The fourth-order valence-corrected chi connectivity index (χ4v) is 3.37. The van der Waals surface area contributed by atoms with Crippen molar-refractivity contribution in [2.75, 3.05) is 11.8 Å². The number of benzene rings is 2. The number of rotatable bonds is 7. The van der Waals surface area contributed by atoms with E-state index in [1.807, 2.05) is 0 Å². The van der Waals surface area contributed by atoms with Crippen LogP contribution in [0.15, 0.2) is 81.3 Å². The number of furan rings is 1. The molecule has 1 amide bonds. The van der Waals surface area contributed by atoms with Crippen LogP contribution in [0.3, 0.4) is 0 Å². The molecule has 144 valence electrons. The van der Waals surface area contributed by atoms with E-state index in [1.54, 1.807) is 36.4 Å².